The maximum atomic E-state index is 14.2. The fourth-order valence-electron chi connectivity index (χ4n) is 2.77. The summed E-state index contributed by atoms with van der Waals surface area (Å²) in [5.41, 5.74) is -1.04. The molecule has 1 unspecified atom stereocenters. The SMILES string of the molecule is C[C@H](N1C(Cl)=C(c2c(F)cc(F)cc2F)C=NC1c1ccccn1)C(F)(F)F. The first kappa shape index (κ1) is 20.2. The first-order chi connectivity index (χ1) is 13.1. The number of rotatable bonds is 3. The second-order valence-corrected chi connectivity index (χ2v) is 6.34. The number of pyridine rings is 1. The predicted octanol–water partition coefficient (Wildman–Crippen LogP) is 5.44. The lowest BCUT2D eigenvalue weighted by Crippen LogP contribution is -2.45. The quantitative estimate of drug-likeness (QED) is 0.489. The van der Waals surface area contributed by atoms with Crippen LogP contribution in [0, 0.1) is 17.5 Å². The molecule has 3 rings (SSSR count). The van der Waals surface area contributed by atoms with Crippen molar-refractivity contribution in [2.45, 2.75) is 25.3 Å². The largest absolute Gasteiger partial charge is 0.408 e. The third-order valence-corrected chi connectivity index (χ3v) is 4.58. The fraction of sp³-hybridized carbons (Fsp3) is 0.222. The minimum absolute atomic E-state index is 0.159. The lowest BCUT2D eigenvalue weighted by molar-refractivity contribution is -0.178. The van der Waals surface area contributed by atoms with E-state index in [9.17, 15) is 26.3 Å². The van der Waals surface area contributed by atoms with Crippen molar-refractivity contribution in [3.05, 3.63) is 70.4 Å². The number of benzene rings is 1. The maximum absolute atomic E-state index is 14.2. The minimum atomic E-state index is -4.72. The molecule has 0 amide bonds. The van der Waals surface area contributed by atoms with Crippen LogP contribution in [0.4, 0.5) is 26.3 Å². The van der Waals surface area contributed by atoms with Gasteiger partial charge in [0.15, 0.2) is 6.17 Å². The summed E-state index contributed by atoms with van der Waals surface area (Å²) >= 11 is 6.17. The van der Waals surface area contributed by atoms with Crippen LogP contribution in [0.15, 0.2) is 46.7 Å². The number of aromatic nitrogens is 1. The molecule has 0 aliphatic carbocycles. The van der Waals surface area contributed by atoms with Crippen molar-refractivity contribution in [3.63, 3.8) is 0 Å². The van der Waals surface area contributed by atoms with E-state index in [1.54, 1.807) is 12.1 Å². The summed E-state index contributed by atoms with van der Waals surface area (Å²) in [7, 11) is 0. The minimum Gasteiger partial charge on any atom is -0.323 e. The molecule has 0 fully saturated rings. The van der Waals surface area contributed by atoms with Crippen LogP contribution >= 0.6 is 11.6 Å². The Balaban J connectivity index is 2.18. The van der Waals surface area contributed by atoms with E-state index in [2.05, 4.69) is 9.98 Å². The van der Waals surface area contributed by atoms with Crippen molar-refractivity contribution < 1.29 is 26.3 Å². The highest BCUT2D eigenvalue weighted by atomic mass is 35.5. The summed E-state index contributed by atoms with van der Waals surface area (Å²) in [6.45, 7) is 0.841. The van der Waals surface area contributed by atoms with Gasteiger partial charge in [-0.3, -0.25) is 9.98 Å². The molecule has 0 saturated heterocycles. The molecule has 2 aromatic rings. The van der Waals surface area contributed by atoms with Gasteiger partial charge in [-0.05, 0) is 19.1 Å². The van der Waals surface area contributed by atoms with Gasteiger partial charge < -0.3 is 4.90 Å². The monoisotopic (exact) mass is 419 g/mol. The molecule has 2 atom stereocenters. The molecular weight excluding hydrogens is 408 g/mol. The van der Waals surface area contributed by atoms with E-state index in [1.807, 2.05) is 0 Å². The highest BCUT2D eigenvalue weighted by Gasteiger charge is 2.45. The number of nitrogens with zero attached hydrogens (tertiary/aromatic N) is 3. The van der Waals surface area contributed by atoms with E-state index < -0.39 is 52.1 Å². The predicted molar refractivity (Wildman–Crippen MR) is 91.9 cm³/mol. The molecule has 28 heavy (non-hydrogen) atoms. The van der Waals surface area contributed by atoms with Crippen molar-refractivity contribution in [2.75, 3.05) is 0 Å². The van der Waals surface area contributed by atoms with Crippen LogP contribution < -0.4 is 0 Å². The molecule has 0 bridgehead atoms. The Morgan fingerprint density at radius 1 is 1.11 bits per heavy atom. The zero-order valence-corrected chi connectivity index (χ0v) is 14.9. The standard InChI is InChI=1S/C18H12ClF6N3/c1-9(18(23,24)25)28-16(19)11(15-12(21)6-10(20)7-13(15)22)8-27-17(28)14-4-2-3-5-26-14/h2-9,17H,1H3/t9-,17?/m0/s1. The Labute approximate surface area is 161 Å². The van der Waals surface area contributed by atoms with Crippen molar-refractivity contribution in [1.29, 1.82) is 0 Å². The van der Waals surface area contributed by atoms with Crippen LogP contribution in [0.3, 0.4) is 0 Å². The Morgan fingerprint density at radius 2 is 1.75 bits per heavy atom. The number of hydrogen-bond acceptors (Lipinski definition) is 3. The summed E-state index contributed by atoms with van der Waals surface area (Å²) in [5, 5.41) is -0.583. The Hall–Kier alpha value is -2.55. The average molecular weight is 420 g/mol. The van der Waals surface area contributed by atoms with Crippen LogP contribution in [0.5, 0.6) is 0 Å². The lowest BCUT2D eigenvalue weighted by Gasteiger charge is -2.39. The van der Waals surface area contributed by atoms with Gasteiger partial charge in [-0.25, -0.2) is 13.2 Å². The van der Waals surface area contributed by atoms with Gasteiger partial charge in [0.1, 0.15) is 28.6 Å². The van der Waals surface area contributed by atoms with E-state index in [-0.39, 0.29) is 5.69 Å². The van der Waals surface area contributed by atoms with Crippen LogP contribution in [-0.4, -0.2) is 28.3 Å². The number of halogens is 7. The summed E-state index contributed by atoms with van der Waals surface area (Å²) in [5.74, 6) is -3.80. The number of aliphatic imine (C=N–C) groups is 1. The van der Waals surface area contributed by atoms with E-state index in [1.165, 1.54) is 12.3 Å². The first-order valence-electron chi connectivity index (χ1n) is 7.95. The molecule has 0 saturated carbocycles. The first-order valence-corrected chi connectivity index (χ1v) is 8.33. The Morgan fingerprint density at radius 3 is 2.29 bits per heavy atom. The topological polar surface area (TPSA) is 28.5 Å². The highest BCUT2D eigenvalue weighted by Crippen LogP contribution is 2.41. The molecule has 2 heterocycles. The maximum Gasteiger partial charge on any atom is 0.408 e. The molecule has 1 aromatic carbocycles. The summed E-state index contributed by atoms with van der Waals surface area (Å²) in [6.07, 6.45) is -3.65. The number of alkyl halides is 3. The fourth-order valence-corrected chi connectivity index (χ4v) is 3.15. The Kier molecular flexibility index (Phi) is 5.38. The van der Waals surface area contributed by atoms with Gasteiger partial charge in [0, 0.05) is 30.1 Å². The molecule has 10 heteroatoms. The number of hydrogen-bond donors (Lipinski definition) is 0. The van der Waals surface area contributed by atoms with Crippen molar-refractivity contribution >= 4 is 23.4 Å². The van der Waals surface area contributed by atoms with Crippen molar-refractivity contribution in [1.82, 2.24) is 9.88 Å². The normalized spacial score (nSPS) is 18.6. The van der Waals surface area contributed by atoms with Gasteiger partial charge >= 0.3 is 6.18 Å². The van der Waals surface area contributed by atoms with Crippen LogP contribution in [0.2, 0.25) is 0 Å². The third kappa shape index (κ3) is 3.71. The van der Waals surface area contributed by atoms with Gasteiger partial charge in [0.25, 0.3) is 0 Å². The lowest BCUT2D eigenvalue weighted by atomic mass is 10.0. The second-order valence-electron chi connectivity index (χ2n) is 5.98. The van der Waals surface area contributed by atoms with Crippen molar-refractivity contribution in [3.8, 4) is 0 Å². The molecule has 1 aliphatic heterocycles. The molecule has 0 radical (unpaired) electrons. The van der Waals surface area contributed by atoms with Crippen molar-refractivity contribution in [2.24, 2.45) is 4.99 Å². The molecule has 3 nitrogen and oxygen atoms in total. The zero-order chi connectivity index (χ0) is 20.6. The molecular formula is C18H12ClF6N3. The molecule has 148 valence electrons. The van der Waals surface area contributed by atoms with Gasteiger partial charge in [0.2, 0.25) is 0 Å². The van der Waals surface area contributed by atoms with Gasteiger partial charge in [-0.1, -0.05) is 17.7 Å². The molecule has 0 N–H and O–H groups in total. The smallest absolute Gasteiger partial charge is 0.323 e. The second kappa shape index (κ2) is 7.46. The van der Waals surface area contributed by atoms with E-state index in [0.717, 1.165) is 13.1 Å². The van der Waals surface area contributed by atoms with E-state index >= 15 is 0 Å². The average Bonchev–Trinajstić information content (AvgIpc) is 2.61. The Bertz CT molecular complexity index is 919. The summed E-state index contributed by atoms with van der Waals surface area (Å²) in [6, 6.07) is 3.25. The molecule has 0 spiro atoms. The molecule has 1 aliphatic rings. The van der Waals surface area contributed by atoms with Crippen LogP contribution in [-0.2, 0) is 0 Å². The summed E-state index contributed by atoms with van der Waals surface area (Å²) < 4.78 is 81.8. The highest BCUT2D eigenvalue weighted by molar-refractivity contribution is 6.37. The summed E-state index contributed by atoms with van der Waals surface area (Å²) in [4.78, 5) is 8.66. The molecule has 1 aromatic heterocycles. The van der Waals surface area contributed by atoms with Gasteiger partial charge in [0.05, 0.1) is 11.3 Å². The van der Waals surface area contributed by atoms with Gasteiger partial charge in [-0.2, -0.15) is 13.2 Å². The number of allylic oxidation sites excluding steroid dienone is 1. The van der Waals surface area contributed by atoms with E-state index in [4.69, 9.17) is 11.6 Å². The van der Waals surface area contributed by atoms with E-state index in [0.29, 0.717) is 17.0 Å². The zero-order valence-electron chi connectivity index (χ0n) is 14.2. The third-order valence-electron chi connectivity index (χ3n) is 4.18. The van der Waals surface area contributed by atoms with Gasteiger partial charge in [-0.15, -0.1) is 0 Å². The van der Waals surface area contributed by atoms with Crippen LogP contribution in [0.1, 0.15) is 24.3 Å². The van der Waals surface area contributed by atoms with Crippen LogP contribution in [0.25, 0.3) is 5.57 Å².